The van der Waals surface area contributed by atoms with Crippen LogP contribution in [0.2, 0.25) is 10.0 Å². The molecule has 0 radical (unpaired) electrons. The fourth-order valence-electron chi connectivity index (χ4n) is 1.99. The predicted octanol–water partition coefficient (Wildman–Crippen LogP) is 5.65. The molecule has 0 heterocycles. The lowest BCUT2D eigenvalue weighted by atomic mass is 10.1. The Morgan fingerprint density at radius 3 is 2.71 bits per heavy atom. The number of ether oxygens (including phenoxy) is 2. The second-order valence-electron chi connectivity index (χ2n) is 4.89. The van der Waals surface area contributed by atoms with Crippen molar-refractivity contribution in [2.75, 3.05) is 19.0 Å². The third-order valence-electron chi connectivity index (χ3n) is 3.14. The molecule has 0 aromatic heterocycles. The zero-order chi connectivity index (χ0) is 17.7. The lowest BCUT2D eigenvalue weighted by Crippen LogP contribution is -2.13. The van der Waals surface area contributed by atoms with Crippen molar-refractivity contribution < 1.29 is 14.3 Å². The van der Waals surface area contributed by atoms with E-state index in [9.17, 15) is 4.79 Å². The van der Waals surface area contributed by atoms with Gasteiger partial charge >= 0.3 is 0 Å². The molecule has 24 heavy (non-hydrogen) atoms. The smallest absolute Gasteiger partial charge is 0.255 e. The van der Waals surface area contributed by atoms with E-state index in [1.807, 2.05) is 6.92 Å². The van der Waals surface area contributed by atoms with Gasteiger partial charge in [0.2, 0.25) is 0 Å². The van der Waals surface area contributed by atoms with Gasteiger partial charge in [0.25, 0.3) is 5.91 Å². The maximum Gasteiger partial charge on any atom is 0.255 e. The van der Waals surface area contributed by atoms with Gasteiger partial charge < -0.3 is 14.8 Å². The van der Waals surface area contributed by atoms with Gasteiger partial charge in [0, 0.05) is 5.56 Å². The molecular formula is C17H16Cl2INO3. The molecule has 7 heteroatoms. The van der Waals surface area contributed by atoms with Crippen molar-refractivity contribution >= 4 is 57.4 Å². The van der Waals surface area contributed by atoms with Gasteiger partial charge in [-0.05, 0) is 53.3 Å². The van der Waals surface area contributed by atoms with E-state index in [1.165, 1.54) is 0 Å². The number of halogens is 3. The van der Waals surface area contributed by atoms with Gasteiger partial charge in [0.05, 0.1) is 33.0 Å². The minimum Gasteiger partial charge on any atom is -0.493 e. The van der Waals surface area contributed by atoms with Gasteiger partial charge in [-0.3, -0.25) is 4.79 Å². The molecule has 4 nitrogen and oxygen atoms in total. The first kappa shape index (κ1) is 19.1. The summed E-state index contributed by atoms with van der Waals surface area (Å²) in [5.41, 5.74) is 0.894. The fraction of sp³-hybridized carbons (Fsp3) is 0.235. The first-order valence-electron chi connectivity index (χ1n) is 7.23. The highest BCUT2D eigenvalue weighted by molar-refractivity contribution is 14.1. The van der Waals surface area contributed by atoms with Crippen LogP contribution in [0, 0.1) is 3.57 Å². The summed E-state index contributed by atoms with van der Waals surface area (Å²) in [6.07, 6.45) is 0.884. The summed E-state index contributed by atoms with van der Waals surface area (Å²) in [5.74, 6) is 0.840. The monoisotopic (exact) mass is 479 g/mol. The summed E-state index contributed by atoms with van der Waals surface area (Å²) in [5, 5.41) is 3.44. The first-order chi connectivity index (χ1) is 11.5. The molecule has 0 aliphatic heterocycles. The van der Waals surface area contributed by atoms with Crippen LogP contribution >= 0.6 is 45.8 Å². The van der Waals surface area contributed by atoms with Gasteiger partial charge in [-0.25, -0.2) is 0 Å². The largest absolute Gasteiger partial charge is 0.493 e. The summed E-state index contributed by atoms with van der Waals surface area (Å²) in [6, 6.07) is 8.44. The highest BCUT2D eigenvalue weighted by Gasteiger charge is 2.16. The molecule has 0 unspecified atom stereocenters. The second kappa shape index (κ2) is 8.78. The average molecular weight is 480 g/mol. The maximum absolute atomic E-state index is 12.5. The predicted molar refractivity (Wildman–Crippen MR) is 106 cm³/mol. The Labute approximate surface area is 164 Å². The minimum atomic E-state index is -0.308. The topological polar surface area (TPSA) is 47.6 Å². The molecule has 0 saturated heterocycles. The molecule has 0 atom stereocenters. The third-order valence-corrected chi connectivity index (χ3v) is 4.76. The molecule has 0 fully saturated rings. The number of hydrogen-bond acceptors (Lipinski definition) is 3. The second-order valence-corrected chi connectivity index (χ2v) is 6.84. The number of anilines is 1. The van der Waals surface area contributed by atoms with E-state index in [1.54, 1.807) is 37.4 Å². The molecule has 1 N–H and O–H groups in total. The molecule has 0 saturated carbocycles. The fourth-order valence-corrected chi connectivity index (χ4v) is 3.09. The van der Waals surface area contributed by atoms with Crippen LogP contribution in [0.4, 0.5) is 5.69 Å². The number of nitrogens with one attached hydrogen (secondary N) is 1. The molecule has 0 aliphatic rings. The lowest BCUT2D eigenvalue weighted by molar-refractivity contribution is 0.102. The van der Waals surface area contributed by atoms with E-state index in [0.29, 0.717) is 39.4 Å². The van der Waals surface area contributed by atoms with Crippen LogP contribution in [-0.4, -0.2) is 19.6 Å². The number of benzene rings is 2. The van der Waals surface area contributed by atoms with Gasteiger partial charge in [-0.15, -0.1) is 0 Å². The highest BCUT2D eigenvalue weighted by atomic mass is 127. The summed E-state index contributed by atoms with van der Waals surface area (Å²) in [4.78, 5) is 12.5. The van der Waals surface area contributed by atoms with E-state index in [-0.39, 0.29) is 5.91 Å². The van der Waals surface area contributed by atoms with Crippen molar-refractivity contribution in [2.24, 2.45) is 0 Å². The van der Waals surface area contributed by atoms with Gasteiger partial charge in [-0.1, -0.05) is 36.2 Å². The van der Waals surface area contributed by atoms with E-state index in [2.05, 4.69) is 27.9 Å². The number of amides is 1. The molecule has 2 aromatic rings. The number of rotatable bonds is 6. The van der Waals surface area contributed by atoms with Gasteiger partial charge in [-0.2, -0.15) is 0 Å². The summed E-state index contributed by atoms with van der Waals surface area (Å²) in [6.45, 7) is 2.60. The van der Waals surface area contributed by atoms with E-state index in [0.717, 1.165) is 9.99 Å². The average Bonchev–Trinajstić information content (AvgIpc) is 2.57. The van der Waals surface area contributed by atoms with E-state index in [4.69, 9.17) is 32.7 Å². The highest BCUT2D eigenvalue weighted by Crippen LogP contribution is 2.35. The van der Waals surface area contributed by atoms with Crippen molar-refractivity contribution in [2.45, 2.75) is 13.3 Å². The van der Waals surface area contributed by atoms with Crippen LogP contribution in [0.1, 0.15) is 23.7 Å². The number of methoxy groups -OCH3 is 1. The molecule has 0 aliphatic carbocycles. The third kappa shape index (κ3) is 4.46. The van der Waals surface area contributed by atoms with Crippen molar-refractivity contribution in [1.82, 2.24) is 0 Å². The van der Waals surface area contributed by atoms with Crippen molar-refractivity contribution in [1.29, 1.82) is 0 Å². The van der Waals surface area contributed by atoms with Crippen LogP contribution in [-0.2, 0) is 0 Å². The van der Waals surface area contributed by atoms with Crippen LogP contribution in [0.5, 0.6) is 11.5 Å². The Balaban J connectivity index is 2.29. The Hall–Kier alpha value is -1.18. The number of carbonyl (C=O) groups excluding carboxylic acids is 1. The zero-order valence-electron chi connectivity index (χ0n) is 13.2. The maximum atomic E-state index is 12.5. The van der Waals surface area contributed by atoms with Crippen LogP contribution in [0.25, 0.3) is 0 Å². The molecule has 0 bridgehead atoms. The zero-order valence-corrected chi connectivity index (χ0v) is 16.8. The van der Waals surface area contributed by atoms with Crippen LogP contribution in [0.15, 0.2) is 30.3 Å². The Morgan fingerprint density at radius 2 is 2.04 bits per heavy atom. The minimum absolute atomic E-state index is 0.303. The molecular weight excluding hydrogens is 464 g/mol. The molecule has 1 amide bonds. The summed E-state index contributed by atoms with van der Waals surface area (Å²) in [7, 11) is 1.54. The van der Waals surface area contributed by atoms with E-state index >= 15 is 0 Å². The molecule has 128 valence electrons. The van der Waals surface area contributed by atoms with E-state index < -0.39 is 0 Å². The van der Waals surface area contributed by atoms with Gasteiger partial charge in [0.15, 0.2) is 11.5 Å². The Kier molecular flexibility index (Phi) is 7.01. The van der Waals surface area contributed by atoms with Crippen molar-refractivity contribution in [3.05, 3.63) is 49.5 Å². The summed E-state index contributed by atoms with van der Waals surface area (Å²) < 4.78 is 11.8. The van der Waals surface area contributed by atoms with Crippen molar-refractivity contribution in [3.8, 4) is 11.5 Å². The number of carbonyl (C=O) groups is 1. The van der Waals surface area contributed by atoms with Crippen LogP contribution in [0.3, 0.4) is 0 Å². The Morgan fingerprint density at radius 1 is 1.29 bits per heavy atom. The summed E-state index contributed by atoms with van der Waals surface area (Å²) >= 11 is 14.2. The SMILES string of the molecule is CCCOc1c(I)cc(C(=O)Nc2cccc(Cl)c2Cl)cc1OC. The van der Waals surface area contributed by atoms with Crippen molar-refractivity contribution in [3.63, 3.8) is 0 Å². The number of hydrogen-bond donors (Lipinski definition) is 1. The lowest BCUT2D eigenvalue weighted by Gasteiger charge is -2.14. The normalized spacial score (nSPS) is 10.4. The molecule has 2 aromatic carbocycles. The standard InChI is InChI=1S/C17H16Cl2INO3/c1-3-7-24-16-12(20)8-10(9-14(16)23-2)17(22)21-13-6-4-5-11(18)15(13)19/h4-6,8-9H,3,7H2,1-2H3,(H,21,22). The van der Waals surface area contributed by atoms with Gasteiger partial charge in [0.1, 0.15) is 0 Å². The molecule has 2 rings (SSSR count). The quantitative estimate of drug-likeness (QED) is 0.544. The first-order valence-corrected chi connectivity index (χ1v) is 9.07. The van der Waals surface area contributed by atoms with Crippen LogP contribution < -0.4 is 14.8 Å². The Bertz CT molecular complexity index is 753. The molecule has 0 spiro atoms.